The first kappa shape index (κ1) is 12.7. The van der Waals surface area contributed by atoms with E-state index in [1.165, 1.54) is 31.3 Å². The van der Waals surface area contributed by atoms with Gasteiger partial charge in [-0.2, -0.15) is 0 Å². The van der Waals surface area contributed by atoms with Gasteiger partial charge < -0.3 is 9.47 Å². The molecule has 0 aromatic rings. The second kappa shape index (κ2) is 4.35. The minimum atomic E-state index is 0.0987. The summed E-state index contributed by atoms with van der Waals surface area (Å²) in [4.78, 5) is 0. The van der Waals surface area contributed by atoms with Gasteiger partial charge in [-0.15, -0.1) is 0 Å². The van der Waals surface area contributed by atoms with E-state index < -0.39 is 0 Å². The molecule has 0 N–H and O–H groups in total. The zero-order valence-electron chi connectivity index (χ0n) is 12.0. The van der Waals surface area contributed by atoms with Crippen molar-refractivity contribution in [2.75, 3.05) is 6.61 Å². The molecule has 1 aliphatic carbocycles. The maximum absolute atomic E-state index is 6.09. The molecule has 2 saturated heterocycles. The fourth-order valence-corrected chi connectivity index (χ4v) is 3.77. The van der Waals surface area contributed by atoms with Crippen LogP contribution >= 0.6 is 0 Å². The number of hydrogen-bond acceptors (Lipinski definition) is 2. The number of epoxide rings is 2. The van der Waals surface area contributed by atoms with Crippen LogP contribution in [0.25, 0.3) is 0 Å². The second-order valence-corrected chi connectivity index (χ2v) is 6.58. The van der Waals surface area contributed by atoms with Crippen molar-refractivity contribution in [2.24, 2.45) is 5.92 Å². The van der Waals surface area contributed by atoms with Gasteiger partial charge >= 0.3 is 0 Å². The molecule has 1 spiro atoms. The topological polar surface area (TPSA) is 25.1 Å². The summed E-state index contributed by atoms with van der Waals surface area (Å²) >= 11 is 0. The highest BCUT2D eigenvalue weighted by Gasteiger charge is 2.67. The molecule has 0 aromatic heterocycles. The maximum atomic E-state index is 6.09. The molecule has 2 aliphatic heterocycles. The molecular weight excluding hydrogens is 224 g/mol. The van der Waals surface area contributed by atoms with E-state index in [9.17, 15) is 0 Å². The standard InChI is InChI=1S/C16H26O2/c1-4-12(2)8-9-14-15(3,18-14)13-7-5-6-10-16(13)11-17-16/h8,13-14H,4-7,9-11H2,1-3H3/b12-8+/t13?,14-,15?,16+/m1/s1. The number of ether oxygens (including phenoxy) is 2. The number of rotatable bonds is 4. The third-order valence-corrected chi connectivity index (χ3v) is 5.40. The SMILES string of the molecule is CC/C(C)=C/C[C@H]1OC1(C)C1CCCC[C@]12CO2. The summed E-state index contributed by atoms with van der Waals surface area (Å²) in [6.45, 7) is 7.72. The molecule has 2 nitrogen and oxygen atoms in total. The Balaban J connectivity index is 1.63. The van der Waals surface area contributed by atoms with Crippen LogP contribution in [0.3, 0.4) is 0 Å². The van der Waals surface area contributed by atoms with Gasteiger partial charge in [-0.3, -0.25) is 0 Å². The van der Waals surface area contributed by atoms with Gasteiger partial charge in [0.05, 0.1) is 23.9 Å². The molecule has 3 fully saturated rings. The van der Waals surface area contributed by atoms with E-state index in [0.29, 0.717) is 12.0 Å². The molecule has 3 rings (SSSR count). The monoisotopic (exact) mass is 250 g/mol. The minimum absolute atomic E-state index is 0.0987. The largest absolute Gasteiger partial charge is 0.369 e. The summed E-state index contributed by atoms with van der Waals surface area (Å²) in [6, 6.07) is 0. The van der Waals surface area contributed by atoms with E-state index in [4.69, 9.17) is 9.47 Å². The Hall–Kier alpha value is -0.340. The lowest BCUT2D eigenvalue weighted by molar-refractivity contribution is 0.0886. The van der Waals surface area contributed by atoms with Crippen LogP contribution in [0.4, 0.5) is 0 Å². The molecule has 2 heterocycles. The zero-order valence-corrected chi connectivity index (χ0v) is 12.0. The smallest absolute Gasteiger partial charge is 0.0979 e. The molecule has 2 unspecified atom stereocenters. The molecule has 102 valence electrons. The van der Waals surface area contributed by atoms with Gasteiger partial charge in [0, 0.05) is 5.92 Å². The lowest BCUT2D eigenvalue weighted by Gasteiger charge is -2.32. The van der Waals surface area contributed by atoms with Crippen molar-refractivity contribution in [3.63, 3.8) is 0 Å². The summed E-state index contributed by atoms with van der Waals surface area (Å²) in [6.07, 6.45) is 10.3. The van der Waals surface area contributed by atoms with Crippen molar-refractivity contribution in [1.82, 2.24) is 0 Å². The number of hydrogen-bond donors (Lipinski definition) is 0. The van der Waals surface area contributed by atoms with Crippen molar-refractivity contribution in [3.8, 4) is 0 Å². The molecule has 0 aromatic carbocycles. The predicted octanol–water partition coefficient (Wildman–Crippen LogP) is 3.85. The molecule has 4 atom stereocenters. The fraction of sp³-hybridized carbons (Fsp3) is 0.875. The normalized spacial score (nSPS) is 47.4. The van der Waals surface area contributed by atoms with Gasteiger partial charge in [0.25, 0.3) is 0 Å². The first-order valence-electron chi connectivity index (χ1n) is 7.58. The van der Waals surface area contributed by atoms with Gasteiger partial charge in [0.2, 0.25) is 0 Å². The second-order valence-electron chi connectivity index (χ2n) is 6.58. The lowest BCUT2D eigenvalue weighted by Crippen LogP contribution is -2.39. The van der Waals surface area contributed by atoms with Crippen molar-refractivity contribution >= 4 is 0 Å². The minimum Gasteiger partial charge on any atom is -0.369 e. The molecule has 1 saturated carbocycles. The Labute approximate surface area is 111 Å². The van der Waals surface area contributed by atoms with E-state index in [0.717, 1.165) is 19.4 Å². The third-order valence-electron chi connectivity index (χ3n) is 5.40. The Morgan fingerprint density at radius 3 is 2.83 bits per heavy atom. The molecule has 2 heteroatoms. The van der Waals surface area contributed by atoms with Gasteiger partial charge in [-0.25, -0.2) is 0 Å². The van der Waals surface area contributed by atoms with Crippen molar-refractivity contribution in [1.29, 1.82) is 0 Å². The fourth-order valence-electron chi connectivity index (χ4n) is 3.77. The van der Waals surface area contributed by atoms with E-state index in [-0.39, 0.29) is 11.2 Å². The van der Waals surface area contributed by atoms with Gasteiger partial charge in [0.1, 0.15) is 0 Å². The highest BCUT2D eigenvalue weighted by molar-refractivity contribution is 5.17. The van der Waals surface area contributed by atoms with Crippen molar-refractivity contribution < 1.29 is 9.47 Å². The van der Waals surface area contributed by atoms with Gasteiger partial charge in [-0.05, 0) is 39.5 Å². The van der Waals surface area contributed by atoms with E-state index in [1.54, 1.807) is 0 Å². The van der Waals surface area contributed by atoms with Crippen LogP contribution in [-0.2, 0) is 9.47 Å². The van der Waals surface area contributed by atoms with Crippen LogP contribution in [0.2, 0.25) is 0 Å². The Kier molecular flexibility index (Phi) is 3.06. The summed E-state index contributed by atoms with van der Waals surface area (Å²) in [5, 5.41) is 0. The molecule has 0 radical (unpaired) electrons. The van der Waals surface area contributed by atoms with Crippen LogP contribution in [0, 0.1) is 5.92 Å². The predicted molar refractivity (Wildman–Crippen MR) is 72.6 cm³/mol. The Morgan fingerprint density at radius 2 is 2.17 bits per heavy atom. The maximum Gasteiger partial charge on any atom is 0.0979 e. The summed E-state index contributed by atoms with van der Waals surface area (Å²) in [7, 11) is 0. The van der Waals surface area contributed by atoms with E-state index in [2.05, 4.69) is 26.8 Å². The van der Waals surface area contributed by atoms with E-state index in [1.807, 2.05) is 0 Å². The van der Waals surface area contributed by atoms with Gasteiger partial charge in [-0.1, -0.05) is 31.4 Å². The Bertz CT molecular complexity index is 356. The molecule has 0 amide bonds. The first-order chi connectivity index (χ1) is 8.61. The quantitative estimate of drug-likeness (QED) is 0.559. The first-order valence-corrected chi connectivity index (χ1v) is 7.58. The summed E-state index contributed by atoms with van der Waals surface area (Å²) in [5.41, 5.74) is 1.79. The van der Waals surface area contributed by atoms with Crippen LogP contribution in [-0.4, -0.2) is 23.9 Å². The molecule has 18 heavy (non-hydrogen) atoms. The summed E-state index contributed by atoms with van der Waals surface area (Å²) in [5.74, 6) is 0.638. The third kappa shape index (κ3) is 2.04. The van der Waals surface area contributed by atoms with Crippen LogP contribution < -0.4 is 0 Å². The van der Waals surface area contributed by atoms with E-state index >= 15 is 0 Å². The number of allylic oxidation sites excluding steroid dienone is 1. The average molecular weight is 250 g/mol. The molecule has 0 bridgehead atoms. The van der Waals surface area contributed by atoms with Gasteiger partial charge in [0.15, 0.2) is 0 Å². The van der Waals surface area contributed by atoms with Crippen molar-refractivity contribution in [3.05, 3.63) is 11.6 Å². The summed E-state index contributed by atoms with van der Waals surface area (Å²) < 4.78 is 11.9. The van der Waals surface area contributed by atoms with Crippen molar-refractivity contribution in [2.45, 2.75) is 76.6 Å². The van der Waals surface area contributed by atoms with Crippen LogP contribution in [0.15, 0.2) is 11.6 Å². The van der Waals surface area contributed by atoms with Crippen LogP contribution in [0.5, 0.6) is 0 Å². The Morgan fingerprint density at radius 1 is 1.39 bits per heavy atom. The molecule has 3 aliphatic rings. The molecular formula is C16H26O2. The lowest BCUT2D eigenvalue weighted by atomic mass is 9.71. The highest BCUT2D eigenvalue weighted by Crippen LogP contribution is 2.58. The van der Waals surface area contributed by atoms with Crippen LogP contribution in [0.1, 0.15) is 59.3 Å². The zero-order chi connectivity index (χ0) is 12.8. The highest BCUT2D eigenvalue weighted by atomic mass is 16.6. The average Bonchev–Trinajstić information content (AvgIpc) is 3.27.